The molecule has 0 spiro atoms. The van der Waals surface area contributed by atoms with Gasteiger partial charge in [-0.3, -0.25) is 10.1 Å². The molecule has 8 heteroatoms. The van der Waals surface area contributed by atoms with Gasteiger partial charge < -0.3 is 15.0 Å². The van der Waals surface area contributed by atoms with Crippen molar-refractivity contribution < 1.29 is 14.3 Å². The average molecular weight is 384 g/mol. The molecule has 1 aromatic heterocycles. The summed E-state index contributed by atoms with van der Waals surface area (Å²) in [5.74, 6) is 0.934. The Morgan fingerprint density at radius 2 is 2.00 bits per heavy atom. The van der Waals surface area contributed by atoms with Gasteiger partial charge in [0.2, 0.25) is 5.91 Å². The molecule has 27 heavy (non-hydrogen) atoms. The van der Waals surface area contributed by atoms with E-state index < -0.39 is 6.03 Å². The van der Waals surface area contributed by atoms with Gasteiger partial charge in [-0.2, -0.15) is 0 Å². The van der Waals surface area contributed by atoms with E-state index in [2.05, 4.69) is 20.6 Å². The fourth-order valence-corrected chi connectivity index (χ4v) is 3.24. The van der Waals surface area contributed by atoms with Crippen molar-refractivity contribution in [1.29, 1.82) is 0 Å². The van der Waals surface area contributed by atoms with Crippen LogP contribution < -0.4 is 15.4 Å². The van der Waals surface area contributed by atoms with Gasteiger partial charge in [0.05, 0.1) is 18.1 Å². The van der Waals surface area contributed by atoms with Crippen LogP contribution in [0.3, 0.4) is 0 Å². The zero-order valence-corrected chi connectivity index (χ0v) is 15.6. The van der Waals surface area contributed by atoms with E-state index in [4.69, 9.17) is 4.74 Å². The third-order valence-corrected chi connectivity index (χ3v) is 4.66. The minimum absolute atomic E-state index is 0.212. The van der Waals surface area contributed by atoms with Crippen LogP contribution in [0.4, 0.5) is 4.79 Å². The van der Waals surface area contributed by atoms with Crippen LogP contribution in [-0.4, -0.2) is 34.8 Å². The van der Waals surface area contributed by atoms with E-state index in [0.717, 1.165) is 27.5 Å². The zero-order chi connectivity index (χ0) is 19.1. The SMILES string of the molecule is COc1ccc2nc(SCCC(=O)NC(=O)NCc3ccccc3)[nH]c2c1. The number of carbonyl (C=O) groups is 2. The minimum atomic E-state index is -0.496. The summed E-state index contributed by atoms with van der Waals surface area (Å²) < 4.78 is 5.18. The highest BCUT2D eigenvalue weighted by molar-refractivity contribution is 7.99. The summed E-state index contributed by atoms with van der Waals surface area (Å²) in [5.41, 5.74) is 2.68. The number of urea groups is 1. The first kappa shape index (κ1) is 18.8. The lowest BCUT2D eigenvalue weighted by molar-refractivity contribution is -0.119. The lowest BCUT2D eigenvalue weighted by Gasteiger charge is -2.06. The standard InChI is InChI=1S/C19H20N4O3S/c1-26-14-7-8-15-16(11-14)22-19(21-15)27-10-9-17(24)23-18(25)20-12-13-5-3-2-4-6-13/h2-8,11H,9-10,12H2,1H3,(H,21,22)(H2,20,23,24,25). The van der Waals surface area contributed by atoms with Gasteiger partial charge >= 0.3 is 6.03 Å². The predicted octanol–water partition coefficient (Wildman–Crippen LogP) is 3.08. The molecule has 3 N–H and O–H groups in total. The van der Waals surface area contributed by atoms with Gasteiger partial charge in [0.15, 0.2) is 5.16 Å². The van der Waals surface area contributed by atoms with Crippen LogP contribution in [0.5, 0.6) is 5.75 Å². The zero-order valence-electron chi connectivity index (χ0n) is 14.8. The lowest BCUT2D eigenvalue weighted by atomic mass is 10.2. The number of nitrogens with one attached hydrogen (secondary N) is 3. The molecule has 0 atom stereocenters. The van der Waals surface area contributed by atoms with Gasteiger partial charge in [-0.1, -0.05) is 42.1 Å². The number of nitrogens with zero attached hydrogens (tertiary/aromatic N) is 1. The van der Waals surface area contributed by atoms with Crippen LogP contribution >= 0.6 is 11.8 Å². The van der Waals surface area contributed by atoms with Crippen molar-refractivity contribution in [2.75, 3.05) is 12.9 Å². The number of methoxy groups -OCH3 is 1. The molecule has 3 amide bonds. The number of rotatable bonds is 7. The highest BCUT2D eigenvalue weighted by atomic mass is 32.2. The first-order valence-electron chi connectivity index (χ1n) is 8.42. The third kappa shape index (κ3) is 5.49. The van der Waals surface area contributed by atoms with Crippen molar-refractivity contribution in [2.24, 2.45) is 0 Å². The van der Waals surface area contributed by atoms with E-state index >= 15 is 0 Å². The van der Waals surface area contributed by atoms with Gasteiger partial charge in [0, 0.05) is 24.8 Å². The number of benzene rings is 2. The van der Waals surface area contributed by atoms with Gasteiger partial charge in [-0.25, -0.2) is 9.78 Å². The number of aromatic amines is 1. The summed E-state index contributed by atoms with van der Waals surface area (Å²) in [5, 5.41) is 5.71. The van der Waals surface area contributed by atoms with Gasteiger partial charge in [0.1, 0.15) is 5.75 Å². The normalized spacial score (nSPS) is 10.6. The highest BCUT2D eigenvalue weighted by Gasteiger charge is 2.09. The van der Waals surface area contributed by atoms with Gasteiger partial charge in [0.25, 0.3) is 0 Å². The molecule has 2 aromatic carbocycles. The second kappa shape index (κ2) is 9.09. The molecule has 0 unspecified atom stereocenters. The molecule has 3 rings (SSSR count). The molecule has 0 radical (unpaired) electrons. The fourth-order valence-electron chi connectivity index (χ4n) is 2.41. The molecule has 3 aromatic rings. The van der Waals surface area contributed by atoms with Crippen molar-refractivity contribution in [3.8, 4) is 5.75 Å². The van der Waals surface area contributed by atoms with E-state index in [1.807, 2.05) is 48.5 Å². The Bertz CT molecular complexity index is 927. The summed E-state index contributed by atoms with van der Waals surface area (Å²) in [4.78, 5) is 31.3. The third-order valence-electron chi connectivity index (χ3n) is 3.78. The molecule has 0 aliphatic carbocycles. The first-order chi connectivity index (χ1) is 13.1. The van der Waals surface area contributed by atoms with E-state index in [1.54, 1.807) is 7.11 Å². The molecule has 7 nitrogen and oxygen atoms in total. The maximum absolute atomic E-state index is 11.9. The van der Waals surface area contributed by atoms with Crippen LogP contribution in [0, 0.1) is 0 Å². The maximum atomic E-state index is 11.9. The van der Waals surface area contributed by atoms with Crippen molar-refractivity contribution >= 4 is 34.7 Å². The first-order valence-corrected chi connectivity index (χ1v) is 9.41. The summed E-state index contributed by atoms with van der Waals surface area (Å²) in [7, 11) is 1.61. The Kier molecular flexibility index (Phi) is 6.32. The number of aromatic nitrogens is 2. The van der Waals surface area contributed by atoms with Crippen LogP contribution in [0.1, 0.15) is 12.0 Å². The Labute approximate surface area is 160 Å². The summed E-state index contributed by atoms with van der Waals surface area (Å²) in [6, 6.07) is 14.6. The second-order valence-corrected chi connectivity index (χ2v) is 6.82. The molecule has 0 saturated carbocycles. The highest BCUT2D eigenvalue weighted by Crippen LogP contribution is 2.23. The second-order valence-electron chi connectivity index (χ2n) is 5.74. The van der Waals surface area contributed by atoms with Crippen molar-refractivity contribution in [3.05, 3.63) is 54.1 Å². The van der Waals surface area contributed by atoms with Crippen molar-refractivity contribution in [2.45, 2.75) is 18.1 Å². The van der Waals surface area contributed by atoms with E-state index in [9.17, 15) is 9.59 Å². The molecule has 140 valence electrons. The Hall–Kier alpha value is -3.00. The van der Waals surface area contributed by atoms with Crippen molar-refractivity contribution in [1.82, 2.24) is 20.6 Å². The Balaban J connectivity index is 1.40. The molecule has 0 saturated heterocycles. The number of fused-ring (bicyclic) bond motifs is 1. The number of carbonyl (C=O) groups excluding carboxylic acids is 2. The van der Waals surface area contributed by atoms with Gasteiger partial charge in [-0.15, -0.1) is 0 Å². The number of thioether (sulfide) groups is 1. The average Bonchev–Trinajstić information content (AvgIpc) is 3.09. The van der Waals surface area contributed by atoms with Crippen LogP contribution in [0.25, 0.3) is 11.0 Å². The number of amides is 3. The Morgan fingerprint density at radius 3 is 2.78 bits per heavy atom. The van der Waals surface area contributed by atoms with Crippen molar-refractivity contribution in [3.63, 3.8) is 0 Å². The lowest BCUT2D eigenvalue weighted by Crippen LogP contribution is -2.39. The maximum Gasteiger partial charge on any atom is 0.321 e. The molecular weight excluding hydrogens is 364 g/mol. The van der Waals surface area contributed by atoms with Crippen LogP contribution in [0.15, 0.2) is 53.7 Å². The molecule has 0 aliphatic rings. The quantitative estimate of drug-likeness (QED) is 0.544. The van der Waals surface area contributed by atoms with E-state index in [0.29, 0.717) is 12.3 Å². The fraction of sp³-hybridized carbons (Fsp3) is 0.211. The number of hydrogen-bond donors (Lipinski definition) is 3. The monoisotopic (exact) mass is 384 g/mol. The molecule has 0 aliphatic heterocycles. The summed E-state index contributed by atoms with van der Waals surface area (Å²) in [6.07, 6.45) is 0.212. The summed E-state index contributed by atoms with van der Waals surface area (Å²) >= 11 is 1.43. The van der Waals surface area contributed by atoms with E-state index in [1.165, 1.54) is 11.8 Å². The molecular formula is C19H20N4O3S. The van der Waals surface area contributed by atoms with Crippen LogP contribution in [-0.2, 0) is 11.3 Å². The van der Waals surface area contributed by atoms with Gasteiger partial charge in [-0.05, 0) is 17.7 Å². The Morgan fingerprint density at radius 1 is 1.19 bits per heavy atom. The molecule has 1 heterocycles. The predicted molar refractivity (Wildman–Crippen MR) is 105 cm³/mol. The number of imide groups is 1. The number of H-pyrrole nitrogens is 1. The van der Waals surface area contributed by atoms with E-state index in [-0.39, 0.29) is 12.3 Å². The molecule has 0 fully saturated rings. The number of hydrogen-bond acceptors (Lipinski definition) is 5. The van der Waals surface area contributed by atoms with Crippen LogP contribution in [0.2, 0.25) is 0 Å². The topological polar surface area (TPSA) is 96.1 Å². The number of ether oxygens (including phenoxy) is 1. The summed E-state index contributed by atoms with van der Waals surface area (Å²) in [6.45, 7) is 0.372. The largest absolute Gasteiger partial charge is 0.497 e. The minimum Gasteiger partial charge on any atom is -0.497 e. The molecule has 0 bridgehead atoms. The number of imidazole rings is 1. The smallest absolute Gasteiger partial charge is 0.321 e.